The lowest BCUT2D eigenvalue weighted by atomic mass is 10.2. The molecular formula is C20H21N3O4S. The van der Waals surface area contributed by atoms with Crippen LogP contribution in [0.4, 0.5) is 10.8 Å². The van der Waals surface area contributed by atoms with Crippen molar-refractivity contribution in [3.8, 4) is 17.2 Å². The van der Waals surface area contributed by atoms with Crippen LogP contribution in [0.25, 0.3) is 0 Å². The van der Waals surface area contributed by atoms with E-state index in [1.807, 2.05) is 36.4 Å². The number of methoxy groups -OCH3 is 3. The maximum absolute atomic E-state index is 12.4. The van der Waals surface area contributed by atoms with Gasteiger partial charge in [-0.05, 0) is 29.8 Å². The second kappa shape index (κ2) is 9.09. The molecule has 0 atom stereocenters. The van der Waals surface area contributed by atoms with Crippen molar-refractivity contribution in [3.05, 3.63) is 59.1 Å². The summed E-state index contributed by atoms with van der Waals surface area (Å²) in [7, 11) is 4.79. The van der Waals surface area contributed by atoms with E-state index in [1.165, 1.54) is 11.3 Å². The van der Waals surface area contributed by atoms with Crippen LogP contribution in [-0.4, -0.2) is 32.2 Å². The number of aromatic nitrogens is 1. The predicted octanol–water partition coefficient (Wildman–Crippen LogP) is 3.84. The fourth-order valence-corrected chi connectivity index (χ4v) is 3.21. The average molecular weight is 399 g/mol. The van der Waals surface area contributed by atoms with E-state index < -0.39 is 0 Å². The summed E-state index contributed by atoms with van der Waals surface area (Å²) >= 11 is 1.34. The highest BCUT2D eigenvalue weighted by Gasteiger charge is 2.12. The number of ether oxygens (including phenoxy) is 3. The van der Waals surface area contributed by atoms with Gasteiger partial charge >= 0.3 is 0 Å². The van der Waals surface area contributed by atoms with Gasteiger partial charge in [0.2, 0.25) is 0 Å². The minimum absolute atomic E-state index is 0.242. The Labute approximate surface area is 167 Å². The molecule has 3 rings (SSSR count). The molecule has 28 heavy (non-hydrogen) atoms. The highest BCUT2D eigenvalue weighted by atomic mass is 32.1. The molecule has 0 aliphatic heterocycles. The van der Waals surface area contributed by atoms with Crippen LogP contribution in [0.2, 0.25) is 0 Å². The summed E-state index contributed by atoms with van der Waals surface area (Å²) in [5.41, 5.74) is 2.04. The number of amides is 1. The number of nitrogens with zero attached hydrogens (tertiary/aromatic N) is 1. The summed E-state index contributed by atoms with van der Waals surface area (Å²) in [6.45, 7) is 0.391. The SMILES string of the molecule is COc1cccc(CNC(=O)c2csc(Nc3ccc(OC)cc3OC)n2)c1. The van der Waals surface area contributed by atoms with Crippen molar-refractivity contribution in [1.82, 2.24) is 10.3 Å². The van der Waals surface area contributed by atoms with Gasteiger partial charge in [-0.2, -0.15) is 0 Å². The number of nitrogens with one attached hydrogen (secondary N) is 2. The van der Waals surface area contributed by atoms with E-state index in [0.717, 1.165) is 17.0 Å². The van der Waals surface area contributed by atoms with E-state index in [9.17, 15) is 4.79 Å². The molecule has 146 valence electrons. The number of carbonyl (C=O) groups is 1. The Hall–Kier alpha value is -3.26. The first-order valence-electron chi connectivity index (χ1n) is 8.48. The third kappa shape index (κ3) is 4.72. The topological polar surface area (TPSA) is 81.7 Å². The average Bonchev–Trinajstić information content (AvgIpc) is 3.21. The fourth-order valence-electron chi connectivity index (χ4n) is 2.51. The summed E-state index contributed by atoms with van der Waals surface area (Å²) in [4.78, 5) is 16.7. The largest absolute Gasteiger partial charge is 0.497 e. The third-order valence-electron chi connectivity index (χ3n) is 3.97. The summed E-state index contributed by atoms with van der Waals surface area (Å²) < 4.78 is 15.7. The lowest BCUT2D eigenvalue weighted by molar-refractivity contribution is 0.0946. The molecule has 1 amide bonds. The van der Waals surface area contributed by atoms with Crippen LogP contribution in [0.5, 0.6) is 17.2 Å². The number of thiazole rings is 1. The van der Waals surface area contributed by atoms with E-state index in [1.54, 1.807) is 32.8 Å². The van der Waals surface area contributed by atoms with Crippen molar-refractivity contribution < 1.29 is 19.0 Å². The molecule has 0 aliphatic carbocycles. The molecule has 1 heterocycles. The van der Waals surface area contributed by atoms with Gasteiger partial charge in [0.1, 0.15) is 22.9 Å². The molecule has 0 unspecified atom stereocenters. The minimum Gasteiger partial charge on any atom is -0.497 e. The van der Waals surface area contributed by atoms with Crippen molar-refractivity contribution >= 4 is 28.1 Å². The molecule has 0 spiro atoms. The van der Waals surface area contributed by atoms with Gasteiger partial charge < -0.3 is 24.8 Å². The zero-order valence-electron chi connectivity index (χ0n) is 15.8. The first-order valence-corrected chi connectivity index (χ1v) is 9.36. The minimum atomic E-state index is -0.242. The fraction of sp³-hybridized carbons (Fsp3) is 0.200. The van der Waals surface area contributed by atoms with Gasteiger partial charge in [-0.25, -0.2) is 4.98 Å². The molecule has 0 fully saturated rings. The van der Waals surface area contributed by atoms with Crippen LogP contribution in [0, 0.1) is 0 Å². The first kappa shape index (κ1) is 19.5. The second-order valence-corrected chi connectivity index (χ2v) is 6.62. The molecule has 7 nitrogen and oxygen atoms in total. The van der Waals surface area contributed by atoms with E-state index in [-0.39, 0.29) is 5.91 Å². The highest BCUT2D eigenvalue weighted by molar-refractivity contribution is 7.14. The highest BCUT2D eigenvalue weighted by Crippen LogP contribution is 2.32. The smallest absolute Gasteiger partial charge is 0.271 e. The maximum atomic E-state index is 12.4. The van der Waals surface area contributed by atoms with Crippen LogP contribution in [0.3, 0.4) is 0 Å². The van der Waals surface area contributed by atoms with E-state index >= 15 is 0 Å². The molecule has 2 N–H and O–H groups in total. The van der Waals surface area contributed by atoms with Gasteiger partial charge in [-0.15, -0.1) is 11.3 Å². The Morgan fingerprint density at radius 3 is 2.57 bits per heavy atom. The quantitative estimate of drug-likeness (QED) is 0.599. The zero-order valence-corrected chi connectivity index (χ0v) is 16.6. The number of hydrogen-bond donors (Lipinski definition) is 2. The summed E-state index contributed by atoms with van der Waals surface area (Å²) in [5, 5.41) is 8.33. The summed E-state index contributed by atoms with van der Waals surface area (Å²) in [6, 6.07) is 13.0. The number of rotatable bonds is 8. The van der Waals surface area contributed by atoms with Gasteiger partial charge in [0.25, 0.3) is 5.91 Å². The third-order valence-corrected chi connectivity index (χ3v) is 4.73. The van der Waals surface area contributed by atoms with Crippen molar-refractivity contribution in [2.75, 3.05) is 26.6 Å². The Bertz CT molecular complexity index is 958. The van der Waals surface area contributed by atoms with E-state index in [4.69, 9.17) is 14.2 Å². The second-order valence-electron chi connectivity index (χ2n) is 5.76. The molecule has 0 bridgehead atoms. The van der Waals surface area contributed by atoms with Crippen molar-refractivity contribution in [2.24, 2.45) is 0 Å². The van der Waals surface area contributed by atoms with Gasteiger partial charge in [0.15, 0.2) is 5.13 Å². The standard InChI is InChI=1S/C20H21N3O4S/c1-25-14-6-4-5-13(9-14)11-21-19(24)17-12-28-20(23-17)22-16-8-7-15(26-2)10-18(16)27-3/h4-10,12H,11H2,1-3H3,(H,21,24)(H,22,23). The zero-order chi connectivity index (χ0) is 19.9. The number of anilines is 2. The molecule has 1 aromatic heterocycles. The van der Waals surface area contributed by atoms with Crippen LogP contribution in [0.1, 0.15) is 16.1 Å². The first-order chi connectivity index (χ1) is 13.6. The van der Waals surface area contributed by atoms with Gasteiger partial charge in [0, 0.05) is 18.0 Å². The van der Waals surface area contributed by atoms with Gasteiger partial charge in [-0.3, -0.25) is 4.79 Å². The summed E-state index contributed by atoms with van der Waals surface area (Å²) in [6.07, 6.45) is 0. The molecular weight excluding hydrogens is 378 g/mol. The Morgan fingerprint density at radius 1 is 1.04 bits per heavy atom. The molecule has 8 heteroatoms. The van der Waals surface area contributed by atoms with E-state index in [0.29, 0.717) is 28.9 Å². The molecule has 0 aliphatic rings. The Morgan fingerprint density at radius 2 is 1.82 bits per heavy atom. The van der Waals surface area contributed by atoms with Crippen LogP contribution < -0.4 is 24.8 Å². The molecule has 3 aromatic rings. The number of hydrogen-bond acceptors (Lipinski definition) is 7. The van der Waals surface area contributed by atoms with Crippen LogP contribution >= 0.6 is 11.3 Å². The molecule has 2 aromatic carbocycles. The van der Waals surface area contributed by atoms with Crippen molar-refractivity contribution in [2.45, 2.75) is 6.54 Å². The number of carbonyl (C=O) groups excluding carboxylic acids is 1. The monoisotopic (exact) mass is 399 g/mol. The Balaban J connectivity index is 1.64. The van der Waals surface area contributed by atoms with Gasteiger partial charge in [0.05, 0.1) is 27.0 Å². The van der Waals surface area contributed by atoms with Crippen molar-refractivity contribution in [1.29, 1.82) is 0 Å². The number of benzene rings is 2. The lowest BCUT2D eigenvalue weighted by Crippen LogP contribution is -2.23. The van der Waals surface area contributed by atoms with Crippen LogP contribution in [-0.2, 0) is 6.54 Å². The maximum Gasteiger partial charge on any atom is 0.271 e. The van der Waals surface area contributed by atoms with E-state index in [2.05, 4.69) is 15.6 Å². The van der Waals surface area contributed by atoms with Crippen molar-refractivity contribution in [3.63, 3.8) is 0 Å². The molecule has 0 saturated heterocycles. The lowest BCUT2D eigenvalue weighted by Gasteiger charge is -2.10. The van der Waals surface area contributed by atoms with Gasteiger partial charge in [-0.1, -0.05) is 12.1 Å². The summed E-state index contributed by atoms with van der Waals surface area (Å²) in [5.74, 6) is 1.83. The molecule has 0 saturated carbocycles. The van der Waals surface area contributed by atoms with Crippen LogP contribution in [0.15, 0.2) is 47.8 Å². The Kier molecular flexibility index (Phi) is 6.33. The molecule has 0 radical (unpaired) electrons. The predicted molar refractivity (Wildman–Crippen MR) is 109 cm³/mol. The normalized spacial score (nSPS) is 10.2.